The first kappa shape index (κ1) is 20.3. The number of aliphatic hydroxyl groups excluding tert-OH is 2. The van der Waals surface area contributed by atoms with Crippen LogP contribution in [0.15, 0.2) is 35.4 Å². The Labute approximate surface area is 173 Å². The van der Waals surface area contributed by atoms with E-state index in [1.54, 1.807) is 12.1 Å². The van der Waals surface area contributed by atoms with Gasteiger partial charge in [-0.3, -0.25) is 24.5 Å². The average molecular weight is 434 g/mol. The fourth-order valence-corrected chi connectivity index (χ4v) is 4.23. The number of aromatic amines is 1. The van der Waals surface area contributed by atoms with E-state index in [2.05, 4.69) is 27.6 Å². The molecule has 0 unspecified atom stereocenters. The summed E-state index contributed by atoms with van der Waals surface area (Å²) >= 11 is 4.51. The third-order valence-corrected chi connectivity index (χ3v) is 5.88. The first-order valence-corrected chi connectivity index (χ1v) is 9.40. The second-order valence-electron chi connectivity index (χ2n) is 6.92. The highest BCUT2D eigenvalue weighted by molar-refractivity contribution is 7.81. The fraction of sp³-hybridized carbons (Fsp3) is 0.353. The van der Waals surface area contributed by atoms with Crippen molar-refractivity contribution in [3.8, 4) is 0 Å². The maximum absolute atomic E-state index is 12.2. The minimum absolute atomic E-state index is 0.0304. The van der Waals surface area contributed by atoms with Gasteiger partial charge >= 0.3 is 0 Å². The molecular formula is C17H18N6O6S. The van der Waals surface area contributed by atoms with Crippen molar-refractivity contribution >= 4 is 35.4 Å². The van der Waals surface area contributed by atoms with Gasteiger partial charge in [0.2, 0.25) is 5.95 Å². The molecule has 1 aliphatic rings. The summed E-state index contributed by atoms with van der Waals surface area (Å²) in [5, 5.41) is 30.8. The number of benzene rings is 1. The number of nitro benzene ring substituents is 1. The molecule has 0 radical (unpaired) electrons. The molecule has 0 amide bonds. The van der Waals surface area contributed by atoms with Crippen LogP contribution in [0.2, 0.25) is 0 Å². The van der Waals surface area contributed by atoms with E-state index in [1.165, 1.54) is 23.0 Å². The van der Waals surface area contributed by atoms with Crippen molar-refractivity contribution < 1.29 is 19.9 Å². The zero-order valence-corrected chi connectivity index (χ0v) is 16.3. The Bertz CT molecular complexity index is 1180. The molecule has 13 heteroatoms. The molecule has 4 rings (SSSR count). The predicted octanol–water partition coefficient (Wildman–Crippen LogP) is -0.444. The number of nitrogen functional groups attached to an aromatic ring is 1. The Balaban J connectivity index is 1.96. The number of thiol groups is 1. The van der Waals surface area contributed by atoms with Gasteiger partial charge in [-0.05, 0) is 0 Å². The van der Waals surface area contributed by atoms with Gasteiger partial charge in [0.1, 0.15) is 6.10 Å². The molecule has 3 heterocycles. The number of fused-ring (bicyclic) bond motifs is 1. The Hall–Kier alpha value is -3.00. The lowest BCUT2D eigenvalue weighted by Crippen LogP contribution is -2.44. The van der Waals surface area contributed by atoms with Gasteiger partial charge in [-0.1, -0.05) is 18.2 Å². The van der Waals surface area contributed by atoms with Crippen LogP contribution in [0.25, 0.3) is 11.2 Å². The molecule has 12 nitrogen and oxygen atoms in total. The topological polar surface area (TPSA) is 182 Å². The number of H-pyrrole nitrogens is 1. The van der Waals surface area contributed by atoms with Crippen LogP contribution in [-0.2, 0) is 16.9 Å². The van der Waals surface area contributed by atoms with Gasteiger partial charge in [0.15, 0.2) is 16.9 Å². The van der Waals surface area contributed by atoms with Crippen molar-refractivity contribution in [3.05, 3.63) is 56.6 Å². The molecule has 2 aromatic heterocycles. The summed E-state index contributed by atoms with van der Waals surface area (Å²) in [6.45, 7) is -0.514. The Morgan fingerprint density at radius 3 is 2.83 bits per heavy atom. The zero-order chi connectivity index (χ0) is 21.6. The van der Waals surface area contributed by atoms with Gasteiger partial charge in [-0.15, -0.1) is 0 Å². The van der Waals surface area contributed by atoms with Crippen molar-refractivity contribution in [3.63, 3.8) is 0 Å². The quantitative estimate of drug-likeness (QED) is 0.202. The molecule has 158 valence electrons. The largest absolute Gasteiger partial charge is 0.394 e. The Morgan fingerprint density at radius 1 is 1.43 bits per heavy atom. The molecule has 4 atom stereocenters. The summed E-state index contributed by atoms with van der Waals surface area (Å²) in [5.41, 5.74) is 3.72. The van der Waals surface area contributed by atoms with Gasteiger partial charge in [0.25, 0.3) is 11.2 Å². The number of imidazole rings is 1. The number of para-hydroxylation sites is 1. The molecule has 0 spiro atoms. The second kappa shape index (κ2) is 7.36. The molecule has 5 N–H and O–H groups in total. The van der Waals surface area contributed by atoms with E-state index >= 15 is 0 Å². The molecule has 0 bridgehead atoms. The number of rotatable bonds is 5. The SMILES string of the molecule is Nc1nc2c(ncn2[C@]2(Cc3ccccc3[N+](=O)[O-])O[C@H](CO)[C@@H](O)[C@H]2S)c(=O)[nH]1. The van der Waals surface area contributed by atoms with Crippen LogP contribution in [0, 0.1) is 10.1 Å². The van der Waals surface area contributed by atoms with Crippen LogP contribution in [0.1, 0.15) is 5.56 Å². The summed E-state index contributed by atoms with van der Waals surface area (Å²) in [6, 6.07) is 6.06. The minimum Gasteiger partial charge on any atom is -0.394 e. The van der Waals surface area contributed by atoms with Crippen molar-refractivity contribution in [2.75, 3.05) is 12.3 Å². The zero-order valence-electron chi connectivity index (χ0n) is 15.4. The number of nitrogens with two attached hydrogens (primary N) is 1. The summed E-state index contributed by atoms with van der Waals surface area (Å²) in [7, 11) is 0. The lowest BCUT2D eigenvalue weighted by atomic mass is 9.96. The number of ether oxygens (including phenoxy) is 1. The molecular weight excluding hydrogens is 416 g/mol. The second-order valence-corrected chi connectivity index (χ2v) is 7.48. The van der Waals surface area contributed by atoms with E-state index < -0.39 is 40.3 Å². The molecule has 1 aromatic carbocycles. The predicted molar refractivity (Wildman–Crippen MR) is 108 cm³/mol. The molecule has 0 saturated carbocycles. The Kier molecular flexibility index (Phi) is 4.97. The summed E-state index contributed by atoms with van der Waals surface area (Å²) in [6.07, 6.45) is -1.08. The van der Waals surface area contributed by atoms with Gasteiger partial charge < -0.3 is 20.7 Å². The fourth-order valence-electron chi connectivity index (χ4n) is 3.76. The van der Waals surface area contributed by atoms with E-state index in [0.717, 1.165) is 0 Å². The molecule has 30 heavy (non-hydrogen) atoms. The van der Waals surface area contributed by atoms with Crippen molar-refractivity contribution in [1.29, 1.82) is 0 Å². The van der Waals surface area contributed by atoms with Crippen LogP contribution < -0.4 is 11.3 Å². The number of aliphatic hydroxyl groups is 2. The number of hydrogen-bond donors (Lipinski definition) is 5. The van der Waals surface area contributed by atoms with E-state index in [0.29, 0.717) is 5.56 Å². The number of anilines is 1. The highest BCUT2D eigenvalue weighted by Crippen LogP contribution is 2.43. The van der Waals surface area contributed by atoms with E-state index in [1.807, 2.05) is 0 Å². The first-order valence-electron chi connectivity index (χ1n) is 8.89. The van der Waals surface area contributed by atoms with E-state index in [9.17, 15) is 25.1 Å². The number of aromatic nitrogens is 4. The maximum Gasteiger partial charge on any atom is 0.280 e. The highest BCUT2D eigenvalue weighted by Gasteiger charge is 2.55. The third kappa shape index (κ3) is 3.02. The molecule has 1 fully saturated rings. The molecule has 1 saturated heterocycles. The lowest BCUT2D eigenvalue weighted by Gasteiger charge is -2.34. The summed E-state index contributed by atoms with van der Waals surface area (Å²) in [4.78, 5) is 33.7. The number of hydrogen-bond acceptors (Lipinski definition) is 10. The molecule has 3 aromatic rings. The van der Waals surface area contributed by atoms with Crippen LogP contribution in [0.4, 0.5) is 11.6 Å². The smallest absolute Gasteiger partial charge is 0.280 e. The maximum atomic E-state index is 12.2. The van der Waals surface area contributed by atoms with Crippen LogP contribution in [-0.4, -0.2) is 58.7 Å². The summed E-state index contributed by atoms with van der Waals surface area (Å²) in [5.74, 6) is -0.164. The van der Waals surface area contributed by atoms with Crippen LogP contribution in [0.3, 0.4) is 0 Å². The molecule has 0 aliphatic carbocycles. The highest BCUT2D eigenvalue weighted by atomic mass is 32.1. The van der Waals surface area contributed by atoms with Crippen LogP contribution >= 0.6 is 12.6 Å². The van der Waals surface area contributed by atoms with Crippen molar-refractivity contribution in [1.82, 2.24) is 19.5 Å². The number of nitro groups is 1. The number of nitrogens with one attached hydrogen (secondary N) is 1. The third-order valence-electron chi connectivity index (χ3n) is 5.17. The normalized spacial score (nSPS) is 26.3. The van der Waals surface area contributed by atoms with E-state index in [-0.39, 0.29) is 29.2 Å². The minimum atomic E-state index is -1.55. The van der Waals surface area contributed by atoms with Gasteiger partial charge in [0.05, 0.1) is 29.2 Å². The number of nitrogens with zero attached hydrogens (tertiary/aromatic N) is 4. The molecule has 1 aliphatic heterocycles. The first-order chi connectivity index (χ1) is 14.3. The van der Waals surface area contributed by atoms with Gasteiger partial charge in [-0.25, -0.2) is 4.98 Å². The van der Waals surface area contributed by atoms with Crippen molar-refractivity contribution in [2.24, 2.45) is 0 Å². The summed E-state index contributed by atoms with van der Waals surface area (Å²) < 4.78 is 7.40. The van der Waals surface area contributed by atoms with Gasteiger partial charge in [-0.2, -0.15) is 17.6 Å². The standard InChI is InChI=1S/C17H18N6O6S/c18-16-20-14-11(15(26)21-16)19-7-22(14)17(13(30)12(25)10(6-24)29-17)5-8-3-1-2-4-9(8)23(27)28/h1-4,7,10,12-13,24-25,30H,5-6H2,(H3,18,20,21,26)/t10-,12-,13-,17-/m1/s1. The average Bonchev–Trinajstić information content (AvgIpc) is 3.24. The lowest BCUT2D eigenvalue weighted by molar-refractivity contribution is -0.385. The van der Waals surface area contributed by atoms with Gasteiger partial charge in [0, 0.05) is 18.1 Å². The monoisotopic (exact) mass is 434 g/mol. The van der Waals surface area contributed by atoms with E-state index in [4.69, 9.17) is 10.5 Å². The van der Waals surface area contributed by atoms with Crippen LogP contribution in [0.5, 0.6) is 0 Å². The Morgan fingerprint density at radius 2 is 2.17 bits per heavy atom. The van der Waals surface area contributed by atoms with Crippen molar-refractivity contribution in [2.45, 2.75) is 29.6 Å².